The fraction of sp³-hybridized carbons (Fsp3) is 0.182. The first-order valence-corrected chi connectivity index (χ1v) is 11.4. The van der Waals surface area contributed by atoms with Crippen LogP contribution in [-0.2, 0) is 9.59 Å². The maximum atomic E-state index is 12.4. The monoisotopic (exact) mass is 454 g/mol. The molecule has 1 heterocycles. The Balaban J connectivity index is 1.45. The van der Waals surface area contributed by atoms with Crippen molar-refractivity contribution in [3.63, 3.8) is 0 Å². The number of carbonyl (C=O) groups is 3. The molecule has 7 nitrogen and oxygen atoms in total. The molecule has 2 aromatic carbocycles. The lowest BCUT2D eigenvalue weighted by Gasteiger charge is -2.12. The van der Waals surface area contributed by atoms with Crippen LogP contribution in [0.5, 0.6) is 0 Å². The zero-order chi connectivity index (χ0) is 22.2. The van der Waals surface area contributed by atoms with E-state index in [9.17, 15) is 14.4 Å². The topological polar surface area (TPSA) is 100 Å². The van der Waals surface area contributed by atoms with E-state index in [0.717, 1.165) is 11.3 Å². The summed E-state index contributed by atoms with van der Waals surface area (Å²) in [5.74, 6) is -0.480. The summed E-state index contributed by atoms with van der Waals surface area (Å²) >= 11 is 2.59. The molecule has 3 N–H and O–H groups in total. The number of aromatic nitrogens is 1. The molecule has 0 saturated heterocycles. The molecule has 3 aromatic rings. The van der Waals surface area contributed by atoms with Gasteiger partial charge in [0.2, 0.25) is 11.8 Å². The average Bonchev–Trinajstić information content (AvgIpc) is 3.27. The molecule has 0 aliphatic heterocycles. The van der Waals surface area contributed by atoms with Crippen LogP contribution < -0.4 is 16.0 Å². The molecule has 3 amide bonds. The lowest BCUT2D eigenvalue weighted by molar-refractivity contribution is -0.115. The van der Waals surface area contributed by atoms with Gasteiger partial charge in [0.1, 0.15) is 0 Å². The van der Waals surface area contributed by atoms with Crippen molar-refractivity contribution in [2.75, 3.05) is 21.7 Å². The SMILES string of the molecule is Cc1ccc(NC(=O)CSC(C)C(=O)Nc2ccc(C(=O)Nc3nccs3)cc2)cc1. The fourth-order valence-electron chi connectivity index (χ4n) is 2.51. The molecule has 9 heteroatoms. The zero-order valence-electron chi connectivity index (χ0n) is 17.0. The second-order valence-electron chi connectivity index (χ2n) is 6.73. The van der Waals surface area contributed by atoms with Gasteiger partial charge < -0.3 is 10.6 Å². The lowest BCUT2D eigenvalue weighted by atomic mass is 10.2. The van der Waals surface area contributed by atoms with Crippen molar-refractivity contribution in [1.29, 1.82) is 0 Å². The van der Waals surface area contributed by atoms with Crippen molar-refractivity contribution in [3.8, 4) is 0 Å². The molecule has 0 fully saturated rings. The number of nitrogens with one attached hydrogen (secondary N) is 3. The summed E-state index contributed by atoms with van der Waals surface area (Å²) in [5, 5.41) is 10.2. The van der Waals surface area contributed by atoms with E-state index in [-0.39, 0.29) is 23.5 Å². The number of nitrogens with zero attached hydrogens (tertiary/aromatic N) is 1. The number of carbonyl (C=O) groups excluding carboxylic acids is 3. The van der Waals surface area contributed by atoms with E-state index in [1.165, 1.54) is 23.1 Å². The van der Waals surface area contributed by atoms with E-state index in [2.05, 4.69) is 20.9 Å². The van der Waals surface area contributed by atoms with Crippen LogP contribution in [0.25, 0.3) is 0 Å². The molecule has 0 aliphatic rings. The number of anilines is 3. The third kappa shape index (κ3) is 6.94. The van der Waals surface area contributed by atoms with Gasteiger partial charge in [-0.2, -0.15) is 0 Å². The number of amides is 3. The van der Waals surface area contributed by atoms with Crippen molar-refractivity contribution >= 4 is 57.3 Å². The van der Waals surface area contributed by atoms with Crippen molar-refractivity contribution in [2.24, 2.45) is 0 Å². The minimum Gasteiger partial charge on any atom is -0.325 e. The van der Waals surface area contributed by atoms with Gasteiger partial charge in [0.15, 0.2) is 5.13 Å². The first-order chi connectivity index (χ1) is 14.9. The Morgan fingerprint density at radius 3 is 2.26 bits per heavy atom. The number of hydrogen-bond acceptors (Lipinski definition) is 6. The molecule has 3 rings (SSSR count). The van der Waals surface area contributed by atoms with E-state index in [1.807, 2.05) is 31.2 Å². The molecule has 0 spiro atoms. The summed E-state index contributed by atoms with van der Waals surface area (Å²) in [7, 11) is 0. The Bertz CT molecular complexity index is 1040. The number of benzene rings is 2. The van der Waals surface area contributed by atoms with E-state index >= 15 is 0 Å². The third-order valence-electron chi connectivity index (χ3n) is 4.24. The van der Waals surface area contributed by atoms with Gasteiger partial charge >= 0.3 is 0 Å². The van der Waals surface area contributed by atoms with Gasteiger partial charge in [-0.05, 0) is 50.2 Å². The zero-order valence-corrected chi connectivity index (χ0v) is 18.7. The predicted octanol–water partition coefficient (Wildman–Crippen LogP) is 4.40. The molecule has 1 atom stereocenters. The molecule has 31 heavy (non-hydrogen) atoms. The highest BCUT2D eigenvalue weighted by Gasteiger charge is 2.16. The summed E-state index contributed by atoms with van der Waals surface area (Å²) < 4.78 is 0. The van der Waals surface area contributed by atoms with Crippen LogP contribution in [-0.4, -0.2) is 33.7 Å². The summed E-state index contributed by atoms with van der Waals surface area (Å²) in [6.45, 7) is 3.72. The van der Waals surface area contributed by atoms with E-state index in [4.69, 9.17) is 0 Å². The largest absolute Gasteiger partial charge is 0.325 e. The van der Waals surface area contributed by atoms with Gasteiger partial charge in [-0.15, -0.1) is 23.1 Å². The lowest BCUT2D eigenvalue weighted by Crippen LogP contribution is -2.25. The number of rotatable bonds is 8. The van der Waals surface area contributed by atoms with Gasteiger partial charge in [0.25, 0.3) is 5.91 Å². The third-order valence-corrected chi connectivity index (χ3v) is 6.07. The molecule has 0 radical (unpaired) electrons. The van der Waals surface area contributed by atoms with E-state index in [0.29, 0.717) is 16.4 Å². The Hall–Kier alpha value is -3.17. The number of thiazole rings is 1. The highest BCUT2D eigenvalue weighted by Crippen LogP contribution is 2.17. The first-order valence-electron chi connectivity index (χ1n) is 9.50. The van der Waals surface area contributed by atoms with Crippen molar-refractivity contribution in [1.82, 2.24) is 4.98 Å². The molecule has 0 aliphatic carbocycles. The highest BCUT2D eigenvalue weighted by atomic mass is 32.2. The smallest absolute Gasteiger partial charge is 0.257 e. The van der Waals surface area contributed by atoms with Crippen molar-refractivity contribution in [2.45, 2.75) is 19.1 Å². The Morgan fingerprint density at radius 2 is 1.61 bits per heavy atom. The number of aryl methyl sites for hydroxylation is 1. The van der Waals surface area contributed by atoms with Gasteiger partial charge in [-0.1, -0.05) is 17.7 Å². The molecule has 160 valence electrons. The maximum Gasteiger partial charge on any atom is 0.257 e. The second-order valence-corrected chi connectivity index (χ2v) is 8.95. The molecule has 1 aromatic heterocycles. The molecule has 0 saturated carbocycles. The summed E-state index contributed by atoms with van der Waals surface area (Å²) in [6, 6.07) is 14.1. The molecule has 0 bridgehead atoms. The summed E-state index contributed by atoms with van der Waals surface area (Å²) in [5.41, 5.74) is 2.88. The van der Waals surface area contributed by atoms with E-state index in [1.54, 1.807) is 42.8 Å². The average molecular weight is 455 g/mol. The molecular weight excluding hydrogens is 432 g/mol. The van der Waals surface area contributed by atoms with Gasteiger partial charge in [-0.3, -0.25) is 19.7 Å². The van der Waals surface area contributed by atoms with Crippen LogP contribution >= 0.6 is 23.1 Å². The van der Waals surface area contributed by atoms with Crippen LogP contribution in [0.4, 0.5) is 16.5 Å². The van der Waals surface area contributed by atoms with Crippen LogP contribution in [0, 0.1) is 6.92 Å². The highest BCUT2D eigenvalue weighted by molar-refractivity contribution is 8.01. The van der Waals surface area contributed by atoms with Gasteiger partial charge in [-0.25, -0.2) is 4.98 Å². The summed E-state index contributed by atoms with van der Waals surface area (Å²) in [6.07, 6.45) is 1.62. The van der Waals surface area contributed by atoms with Crippen molar-refractivity contribution in [3.05, 3.63) is 71.2 Å². The van der Waals surface area contributed by atoms with Crippen LogP contribution in [0.2, 0.25) is 0 Å². The summed E-state index contributed by atoms with van der Waals surface area (Å²) in [4.78, 5) is 40.7. The Kier molecular flexibility index (Phi) is 7.80. The van der Waals surface area contributed by atoms with Crippen molar-refractivity contribution < 1.29 is 14.4 Å². The number of hydrogen-bond donors (Lipinski definition) is 3. The number of thioether (sulfide) groups is 1. The standard InChI is InChI=1S/C22H22N4O3S2/c1-14-3-7-17(8-4-14)24-19(27)13-31-15(2)20(28)25-18-9-5-16(6-10-18)21(29)26-22-23-11-12-30-22/h3-12,15H,13H2,1-2H3,(H,24,27)(H,25,28)(H,23,26,29). The fourth-order valence-corrected chi connectivity index (χ4v) is 3.72. The van der Waals surface area contributed by atoms with Crippen LogP contribution in [0.1, 0.15) is 22.8 Å². The second kappa shape index (κ2) is 10.7. The minimum absolute atomic E-state index is 0.163. The predicted molar refractivity (Wildman–Crippen MR) is 127 cm³/mol. The van der Waals surface area contributed by atoms with Crippen LogP contribution in [0.15, 0.2) is 60.1 Å². The normalized spacial score (nSPS) is 11.4. The Morgan fingerprint density at radius 1 is 0.968 bits per heavy atom. The van der Waals surface area contributed by atoms with E-state index < -0.39 is 5.25 Å². The minimum atomic E-state index is -0.420. The Labute approximate surface area is 188 Å². The molecule has 1 unspecified atom stereocenters. The van der Waals surface area contributed by atoms with Crippen LogP contribution in [0.3, 0.4) is 0 Å². The molecular formula is C22H22N4O3S2. The first kappa shape index (κ1) is 22.5. The quantitative estimate of drug-likeness (QED) is 0.468. The van der Waals surface area contributed by atoms with Gasteiger partial charge in [0.05, 0.1) is 11.0 Å². The maximum absolute atomic E-state index is 12.4. The van der Waals surface area contributed by atoms with Gasteiger partial charge in [0, 0.05) is 28.5 Å².